The molecule has 2 aromatic carbocycles. The van der Waals surface area contributed by atoms with E-state index in [9.17, 15) is 9.59 Å². The molecule has 0 aromatic heterocycles. The van der Waals surface area contributed by atoms with Gasteiger partial charge in [0.05, 0.1) is 25.9 Å². The highest BCUT2D eigenvalue weighted by Crippen LogP contribution is 2.24. The molecule has 0 bridgehead atoms. The maximum Gasteiger partial charge on any atom is 0.313 e. The predicted octanol–water partition coefficient (Wildman–Crippen LogP) is 2.28. The van der Waals surface area contributed by atoms with Crippen LogP contribution in [0.15, 0.2) is 48.5 Å². The predicted molar refractivity (Wildman–Crippen MR) is 125 cm³/mol. The Morgan fingerprint density at radius 3 is 2.28 bits per heavy atom. The van der Waals surface area contributed by atoms with E-state index in [1.807, 2.05) is 25.9 Å². The lowest BCUT2D eigenvalue weighted by Crippen LogP contribution is -2.45. The molecule has 1 aliphatic heterocycles. The van der Waals surface area contributed by atoms with Gasteiger partial charge in [0.2, 0.25) is 0 Å². The number of nitrogens with one attached hydrogen (secondary N) is 2. The smallest absolute Gasteiger partial charge is 0.313 e. The van der Waals surface area contributed by atoms with Gasteiger partial charge in [-0.1, -0.05) is 12.1 Å². The summed E-state index contributed by atoms with van der Waals surface area (Å²) in [5.41, 5.74) is 2.73. The lowest BCUT2D eigenvalue weighted by Gasteiger charge is -2.35. The number of hydrogen-bond donors (Lipinski definition) is 2. The summed E-state index contributed by atoms with van der Waals surface area (Å²) >= 11 is 0. The van der Waals surface area contributed by atoms with E-state index in [1.54, 1.807) is 24.3 Å². The van der Waals surface area contributed by atoms with Crippen molar-refractivity contribution in [3.05, 3.63) is 54.1 Å². The van der Waals surface area contributed by atoms with Gasteiger partial charge < -0.3 is 25.0 Å². The largest absolute Gasteiger partial charge is 0.494 e. The molecule has 0 spiro atoms. The van der Waals surface area contributed by atoms with Crippen LogP contribution in [0.5, 0.6) is 5.75 Å². The van der Waals surface area contributed by atoms with Crippen molar-refractivity contribution < 1.29 is 19.1 Å². The highest BCUT2D eigenvalue weighted by Gasteiger charge is 2.24. The van der Waals surface area contributed by atoms with Crippen LogP contribution in [0.4, 0.5) is 11.4 Å². The Morgan fingerprint density at radius 1 is 1.03 bits per heavy atom. The SMILES string of the molecule is CCOc1ccc(NC(=O)C(=O)NCC(c2ccc(N(C)C)cc2)N2CCOCC2)cc1. The molecule has 1 atom stereocenters. The van der Waals surface area contributed by atoms with Gasteiger partial charge in [-0.3, -0.25) is 14.5 Å². The molecule has 172 valence electrons. The zero-order chi connectivity index (χ0) is 22.9. The van der Waals surface area contributed by atoms with Gasteiger partial charge in [-0.25, -0.2) is 0 Å². The fraction of sp³-hybridized carbons (Fsp3) is 0.417. The number of ether oxygens (including phenoxy) is 2. The molecule has 8 heteroatoms. The third-order valence-electron chi connectivity index (χ3n) is 5.37. The third kappa shape index (κ3) is 6.45. The minimum Gasteiger partial charge on any atom is -0.494 e. The standard InChI is InChI=1S/C24H32N4O4/c1-4-32-21-11-7-19(8-12-21)26-24(30)23(29)25-17-22(28-13-15-31-16-14-28)18-5-9-20(10-6-18)27(2)3/h5-12,22H,4,13-17H2,1-3H3,(H,25,29)(H,26,30). The fourth-order valence-corrected chi connectivity index (χ4v) is 3.60. The highest BCUT2D eigenvalue weighted by atomic mass is 16.5. The first-order valence-corrected chi connectivity index (χ1v) is 10.9. The average Bonchev–Trinajstić information content (AvgIpc) is 2.81. The molecule has 0 aliphatic carbocycles. The molecule has 2 amide bonds. The van der Waals surface area contributed by atoms with E-state index in [2.05, 4.69) is 39.8 Å². The van der Waals surface area contributed by atoms with Crippen LogP contribution in [0.1, 0.15) is 18.5 Å². The third-order valence-corrected chi connectivity index (χ3v) is 5.37. The Hall–Kier alpha value is -3.10. The minimum absolute atomic E-state index is 0.0441. The second-order valence-electron chi connectivity index (χ2n) is 7.77. The number of benzene rings is 2. The molecule has 8 nitrogen and oxygen atoms in total. The van der Waals surface area contributed by atoms with Gasteiger partial charge in [0, 0.05) is 45.1 Å². The highest BCUT2D eigenvalue weighted by molar-refractivity contribution is 6.39. The summed E-state index contributed by atoms with van der Waals surface area (Å²) in [6.45, 7) is 5.65. The van der Waals surface area contributed by atoms with Gasteiger partial charge in [-0.05, 0) is 48.9 Å². The summed E-state index contributed by atoms with van der Waals surface area (Å²) in [5.74, 6) is -0.650. The molecule has 3 rings (SSSR count). The quantitative estimate of drug-likeness (QED) is 0.613. The summed E-state index contributed by atoms with van der Waals surface area (Å²) in [4.78, 5) is 29.2. The molecule has 2 N–H and O–H groups in total. The van der Waals surface area contributed by atoms with Crippen molar-refractivity contribution in [2.45, 2.75) is 13.0 Å². The van der Waals surface area contributed by atoms with Crippen molar-refractivity contribution in [3.8, 4) is 5.75 Å². The van der Waals surface area contributed by atoms with E-state index in [0.29, 0.717) is 37.8 Å². The van der Waals surface area contributed by atoms with E-state index < -0.39 is 11.8 Å². The monoisotopic (exact) mass is 440 g/mol. The lowest BCUT2D eigenvalue weighted by atomic mass is 10.0. The second kappa shape index (κ2) is 11.5. The molecule has 1 aliphatic rings. The number of amides is 2. The van der Waals surface area contributed by atoms with Crippen molar-refractivity contribution in [2.75, 3.05) is 63.8 Å². The van der Waals surface area contributed by atoms with Crippen LogP contribution >= 0.6 is 0 Å². The first kappa shape index (κ1) is 23.6. The van der Waals surface area contributed by atoms with Gasteiger partial charge in [0.25, 0.3) is 0 Å². The van der Waals surface area contributed by atoms with Crippen LogP contribution in [-0.4, -0.2) is 70.3 Å². The van der Waals surface area contributed by atoms with Crippen LogP contribution in [0.3, 0.4) is 0 Å². The number of rotatable bonds is 8. The van der Waals surface area contributed by atoms with Gasteiger partial charge in [-0.15, -0.1) is 0 Å². The first-order valence-electron chi connectivity index (χ1n) is 10.9. The van der Waals surface area contributed by atoms with E-state index in [4.69, 9.17) is 9.47 Å². The minimum atomic E-state index is -0.696. The molecule has 32 heavy (non-hydrogen) atoms. The van der Waals surface area contributed by atoms with Crippen molar-refractivity contribution in [1.29, 1.82) is 0 Å². The van der Waals surface area contributed by atoms with Crippen molar-refractivity contribution in [3.63, 3.8) is 0 Å². The average molecular weight is 441 g/mol. The summed E-state index contributed by atoms with van der Waals surface area (Å²) in [5, 5.41) is 5.43. The maximum absolute atomic E-state index is 12.5. The van der Waals surface area contributed by atoms with E-state index >= 15 is 0 Å². The van der Waals surface area contributed by atoms with Crippen molar-refractivity contribution in [1.82, 2.24) is 10.2 Å². The second-order valence-corrected chi connectivity index (χ2v) is 7.77. The zero-order valence-electron chi connectivity index (χ0n) is 19.0. The Labute approximate surface area is 189 Å². The molecular weight excluding hydrogens is 408 g/mol. The van der Waals surface area contributed by atoms with Crippen LogP contribution in [-0.2, 0) is 14.3 Å². The van der Waals surface area contributed by atoms with E-state index in [-0.39, 0.29) is 6.04 Å². The molecule has 1 fully saturated rings. The van der Waals surface area contributed by atoms with E-state index in [0.717, 1.165) is 24.3 Å². The molecule has 1 unspecified atom stereocenters. The summed E-state index contributed by atoms with van der Waals surface area (Å²) in [7, 11) is 4.00. The zero-order valence-corrected chi connectivity index (χ0v) is 19.0. The Balaban J connectivity index is 1.62. The van der Waals surface area contributed by atoms with Gasteiger partial charge in [-0.2, -0.15) is 0 Å². The Kier molecular flexibility index (Phi) is 8.47. The number of carbonyl (C=O) groups is 2. The van der Waals surface area contributed by atoms with Gasteiger partial charge >= 0.3 is 11.8 Å². The number of anilines is 2. The number of nitrogens with zero attached hydrogens (tertiary/aromatic N) is 2. The summed E-state index contributed by atoms with van der Waals surface area (Å²) in [6, 6.07) is 15.1. The van der Waals surface area contributed by atoms with Gasteiger partial charge in [0.1, 0.15) is 5.75 Å². The summed E-state index contributed by atoms with van der Waals surface area (Å²) < 4.78 is 10.9. The normalized spacial score (nSPS) is 15.0. The van der Waals surface area contributed by atoms with Crippen LogP contribution < -0.4 is 20.3 Å². The van der Waals surface area contributed by atoms with Crippen LogP contribution in [0.2, 0.25) is 0 Å². The molecule has 0 saturated carbocycles. The Morgan fingerprint density at radius 2 is 1.69 bits per heavy atom. The fourth-order valence-electron chi connectivity index (χ4n) is 3.60. The summed E-state index contributed by atoms with van der Waals surface area (Å²) in [6.07, 6.45) is 0. The number of carbonyl (C=O) groups excluding carboxylic acids is 2. The van der Waals surface area contributed by atoms with Crippen molar-refractivity contribution in [2.24, 2.45) is 0 Å². The van der Waals surface area contributed by atoms with Crippen molar-refractivity contribution >= 4 is 23.2 Å². The number of morpholine rings is 1. The van der Waals surface area contributed by atoms with Crippen LogP contribution in [0.25, 0.3) is 0 Å². The van der Waals surface area contributed by atoms with Gasteiger partial charge in [0.15, 0.2) is 0 Å². The van der Waals surface area contributed by atoms with E-state index in [1.165, 1.54) is 0 Å². The molecule has 2 aromatic rings. The molecular formula is C24H32N4O4. The first-order chi connectivity index (χ1) is 15.5. The molecule has 1 saturated heterocycles. The Bertz CT molecular complexity index is 878. The number of hydrogen-bond acceptors (Lipinski definition) is 6. The topological polar surface area (TPSA) is 83.1 Å². The van der Waals surface area contributed by atoms with Crippen LogP contribution in [0, 0.1) is 0 Å². The molecule has 0 radical (unpaired) electrons. The maximum atomic E-state index is 12.5. The lowest BCUT2D eigenvalue weighted by molar-refractivity contribution is -0.136. The molecule has 1 heterocycles.